The van der Waals surface area contributed by atoms with E-state index in [-0.39, 0.29) is 12.2 Å². The molecule has 0 aliphatic heterocycles. The van der Waals surface area contributed by atoms with E-state index in [9.17, 15) is 19.3 Å². The molecule has 0 spiro atoms. The molecule has 110 valence electrons. The molecular weight excluding hydrogens is 367 g/mol. The van der Waals surface area contributed by atoms with E-state index in [4.69, 9.17) is 5.11 Å². The van der Waals surface area contributed by atoms with E-state index in [0.717, 1.165) is 15.4 Å². The third-order valence-electron chi connectivity index (χ3n) is 2.64. The zero-order chi connectivity index (χ0) is 15.6. The average molecular weight is 375 g/mol. The molecule has 2 aromatic rings. The molecule has 6 nitrogen and oxygen atoms in total. The summed E-state index contributed by atoms with van der Waals surface area (Å²) in [7, 11) is 0. The Labute approximate surface area is 130 Å². The zero-order valence-corrected chi connectivity index (χ0v) is 12.7. The van der Waals surface area contributed by atoms with E-state index in [2.05, 4.69) is 21.2 Å². The van der Waals surface area contributed by atoms with Gasteiger partial charge in [0.05, 0.1) is 11.5 Å². The molecule has 1 heterocycles. The monoisotopic (exact) mass is 374 g/mol. The molecule has 0 amide bonds. The smallest absolute Gasteiger partial charge is 0.338 e. The maximum absolute atomic E-state index is 13.6. The number of carbonyl (C=O) groups is 1. The summed E-state index contributed by atoms with van der Waals surface area (Å²) in [5, 5.41) is 24.4. The molecule has 0 fully saturated rings. The van der Waals surface area contributed by atoms with Gasteiger partial charge in [-0.15, -0.1) is 11.3 Å². The second kappa shape index (κ2) is 6.19. The van der Waals surface area contributed by atoms with E-state index in [1.165, 1.54) is 11.3 Å². The van der Waals surface area contributed by atoms with Gasteiger partial charge in [0.25, 0.3) is 5.69 Å². The fraction of sp³-hybridized carbons (Fsp3) is 0.0833. The minimum absolute atomic E-state index is 0.0669. The lowest BCUT2D eigenvalue weighted by Crippen LogP contribution is -2.07. The van der Waals surface area contributed by atoms with Gasteiger partial charge in [0.15, 0.2) is 0 Å². The predicted molar refractivity (Wildman–Crippen MR) is 79.4 cm³/mol. The number of halogens is 2. The molecule has 9 heteroatoms. The van der Waals surface area contributed by atoms with Crippen molar-refractivity contribution in [2.24, 2.45) is 0 Å². The molecule has 1 aromatic heterocycles. The minimum atomic E-state index is -1.55. The van der Waals surface area contributed by atoms with Gasteiger partial charge < -0.3 is 10.4 Å². The van der Waals surface area contributed by atoms with Crippen LogP contribution in [0.25, 0.3) is 0 Å². The van der Waals surface area contributed by atoms with Crippen LogP contribution in [0, 0.1) is 15.9 Å². The molecule has 0 atom stereocenters. The fourth-order valence-electron chi connectivity index (χ4n) is 1.65. The Morgan fingerprint density at radius 1 is 1.52 bits per heavy atom. The molecule has 0 radical (unpaired) electrons. The van der Waals surface area contributed by atoms with Crippen molar-refractivity contribution in [2.75, 3.05) is 5.32 Å². The summed E-state index contributed by atoms with van der Waals surface area (Å²) < 4.78 is 14.5. The van der Waals surface area contributed by atoms with E-state index in [1.54, 1.807) is 0 Å². The highest BCUT2D eigenvalue weighted by molar-refractivity contribution is 9.10. The number of carboxylic acid groups (broad SMARTS) is 1. The fourth-order valence-corrected chi connectivity index (χ4v) is 3.08. The molecule has 21 heavy (non-hydrogen) atoms. The first-order chi connectivity index (χ1) is 9.90. The first kappa shape index (κ1) is 15.4. The van der Waals surface area contributed by atoms with Gasteiger partial charge in [0.1, 0.15) is 17.1 Å². The van der Waals surface area contributed by atoms with E-state index in [0.29, 0.717) is 6.07 Å². The van der Waals surface area contributed by atoms with Crippen molar-refractivity contribution >= 4 is 44.6 Å². The molecule has 2 rings (SSSR count). The van der Waals surface area contributed by atoms with Gasteiger partial charge in [-0.2, -0.15) is 0 Å². The van der Waals surface area contributed by atoms with Crippen LogP contribution in [0.15, 0.2) is 28.1 Å². The van der Waals surface area contributed by atoms with E-state index >= 15 is 0 Å². The second-order valence-electron chi connectivity index (χ2n) is 3.96. The molecule has 0 aliphatic carbocycles. The Morgan fingerprint density at radius 3 is 2.76 bits per heavy atom. The van der Waals surface area contributed by atoms with Crippen LogP contribution in [0.5, 0.6) is 0 Å². The highest BCUT2D eigenvalue weighted by Crippen LogP contribution is 2.30. The lowest BCUT2D eigenvalue weighted by atomic mass is 10.1. The molecule has 2 N–H and O–H groups in total. The largest absolute Gasteiger partial charge is 0.478 e. The van der Waals surface area contributed by atoms with Crippen LogP contribution >= 0.6 is 27.3 Å². The van der Waals surface area contributed by atoms with Gasteiger partial charge in [-0.1, -0.05) is 0 Å². The minimum Gasteiger partial charge on any atom is -0.478 e. The summed E-state index contributed by atoms with van der Waals surface area (Å²) in [4.78, 5) is 21.9. The van der Waals surface area contributed by atoms with Crippen molar-refractivity contribution in [3.8, 4) is 0 Å². The number of nitrogens with zero attached hydrogens (tertiary/aromatic N) is 1. The summed E-state index contributed by atoms with van der Waals surface area (Å²) in [6, 6.07) is 3.36. The summed E-state index contributed by atoms with van der Waals surface area (Å²) >= 11 is 4.75. The number of hydrogen-bond acceptors (Lipinski definition) is 5. The van der Waals surface area contributed by atoms with Crippen molar-refractivity contribution in [2.45, 2.75) is 6.54 Å². The van der Waals surface area contributed by atoms with E-state index < -0.39 is 28.0 Å². The zero-order valence-electron chi connectivity index (χ0n) is 10.3. The third-order valence-corrected chi connectivity index (χ3v) is 4.57. The number of nitrogens with one attached hydrogen (secondary N) is 1. The van der Waals surface area contributed by atoms with Gasteiger partial charge in [0.2, 0.25) is 0 Å². The highest BCUT2D eigenvalue weighted by Gasteiger charge is 2.21. The molecule has 0 saturated carbocycles. The Kier molecular flexibility index (Phi) is 4.53. The number of nitro benzene ring substituents is 1. The molecule has 1 aromatic carbocycles. The number of hydrogen-bond donors (Lipinski definition) is 2. The SMILES string of the molecule is O=C(O)c1cc([N+](=O)[O-])c(NCc2sccc2Br)cc1F. The van der Waals surface area contributed by atoms with Gasteiger partial charge in [-0.25, -0.2) is 9.18 Å². The standard InChI is InChI=1S/C12H8BrFN2O4S/c13-7-1-2-21-11(7)5-15-9-4-8(14)6(12(17)18)3-10(9)16(19)20/h1-4,15H,5H2,(H,17,18). The Balaban J connectivity index is 2.34. The Morgan fingerprint density at radius 2 is 2.24 bits per heavy atom. The molecule has 0 saturated heterocycles. The number of carboxylic acids is 1. The summed E-state index contributed by atoms with van der Waals surface area (Å²) in [6.07, 6.45) is 0. The van der Waals surface area contributed by atoms with Gasteiger partial charge in [-0.05, 0) is 27.4 Å². The number of rotatable bonds is 5. The number of nitro groups is 1. The molecule has 0 aliphatic rings. The van der Waals surface area contributed by atoms with Gasteiger partial charge >= 0.3 is 5.97 Å². The van der Waals surface area contributed by atoms with Crippen molar-refractivity contribution < 1.29 is 19.2 Å². The Hall–Kier alpha value is -2.00. The summed E-state index contributed by atoms with van der Waals surface area (Å²) in [5.74, 6) is -2.58. The first-order valence-corrected chi connectivity index (χ1v) is 7.24. The maximum atomic E-state index is 13.6. The second-order valence-corrected chi connectivity index (χ2v) is 5.81. The average Bonchev–Trinajstić information content (AvgIpc) is 2.81. The lowest BCUT2D eigenvalue weighted by Gasteiger charge is -2.08. The number of aromatic carboxylic acids is 1. The highest BCUT2D eigenvalue weighted by atomic mass is 79.9. The van der Waals surface area contributed by atoms with Crippen LogP contribution in [0.1, 0.15) is 15.2 Å². The lowest BCUT2D eigenvalue weighted by molar-refractivity contribution is -0.384. The van der Waals surface area contributed by atoms with Crippen molar-refractivity contribution in [1.82, 2.24) is 0 Å². The van der Waals surface area contributed by atoms with Crippen molar-refractivity contribution in [3.05, 3.63) is 54.4 Å². The van der Waals surface area contributed by atoms with Crippen LogP contribution in [0.4, 0.5) is 15.8 Å². The van der Waals surface area contributed by atoms with E-state index in [1.807, 2.05) is 11.4 Å². The third kappa shape index (κ3) is 3.37. The van der Waals surface area contributed by atoms with Crippen molar-refractivity contribution in [3.63, 3.8) is 0 Å². The van der Waals surface area contributed by atoms with Crippen LogP contribution < -0.4 is 5.32 Å². The van der Waals surface area contributed by atoms with Crippen LogP contribution in [-0.4, -0.2) is 16.0 Å². The molecular formula is C12H8BrFN2O4S. The number of benzene rings is 1. The topological polar surface area (TPSA) is 92.5 Å². The molecule has 0 bridgehead atoms. The quantitative estimate of drug-likeness (QED) is 0.612. The number of anilines is 1. The maximum Gasteiger partial charge on any atom is 0.338 e. The Bertz CT molecular complexity index is 719. The van der Waals surface area contributed by atoms with Crippen LogP contribution in [0.2, 0.25) is 0 Å². The van der Waals surface area contributed by atoms with Gasteiger partial charge in [0, 0.05) is 21.5 Å². The predicted octanol–water partition coefficient (Wildman–Crippen LogP) is 3.87. The molecule has 0 unspecified atom stereocenters. The van der Waals surface area contributed by atoms with Gasteiger partial charge in [-0.3, -0.25) is 10.1 Å². The normalized spacial score (nSPS) is 10.4. The van der Waals surface area contributed by atoms with Crippen molar-refractivity contribution in [1.29, 1.82) is 0 Å². The summed E-state index contributed by atoms with van der Waals surface area (Å²) in [6.45, 7) is 0.255. The summed E-state index contributed by atoms with van der Waals surface area (Å²) in [5.41, 5.74) is -1.28. The van der Waals surface area contributed by atoms with Crippen LogP contribution in [0.3, 0.4) is 0 Å². The van der Waals surface area contributed by atoms with Crippen LogP contribution in [-0.2, 0) is 6.54 Å². The number of thiophene rings is 1. The first-order valence-electron chi connectivity index (χ1n) is 5.57.